The number of carbonyl (C=O) groups excluding carboxylic acids is 1. The number of carbonyl (C=O) groups is 2. The number of likely N-dealkylation sites (tertiary alicyclic amines) is 1. The molecule has 6 nitrogen and oxygen atoms in total. The Balaban J connectivity index is 2.49. The van der Waals surface area contributed by atoms with Gasteiger partial charge in [0.25, 0.3) is 0 Å². The Morgan fingerprint density at radius 3 is 2.21 bits per heavy atom. The quantitative estimate of drug-likeness (QED) is 0.810. The summed E-state index contributed by atoms with van der Waals surface area (Å²) in [5, 5.41) is 18.1. The Kier molecular flexibility index (Phi) is 5.17. The average molecular weight is 273 g/mol. The number of nitrogens with zero attached hydrogens (tertiary/aromatic N) is 1. The van der Waals surface area contributed by atoms with Crippen LogP contribution >= 0.6 is 0 Å². The number of ether oxygens (including phenoxy) is 1. The first kappa shape index (κ1) is 15.8. The van der Waals surface area contributed by atoms with Gasteiger partial charge in [0.05, 0.1) is 12.5 Å². The Hall–Kier alpha value is -1.30. The molecule has 1 saturated heterocycles. The smallest absolute Gasteiger partial charge is 0.410 e. The van der Waals surface area contributed by atoms with E-state index in [1.54, 1.807) is 4.90 Å². The van der Waals surface area contributed by atoms with Crippen LogP contribution in [0.4, 0.5) is 4.79 Å². The fraction of sp³-hybridized carbons (Fsp3) is 0.846. The molecule has 1 heterocycles. The number of aliphatic hydroxyl groups excluding tert-OH is 1. The van der Waals surface area contributed by atoms with E-state index in [4.69, 9.17) is 14.9 Å². The van der Waals surface area contributed by atoms with E-state index >= 15 is 0 Å². The summed E-state index contributed by atoms with van der Waals surface area (Å²) in [6, 6.07) is 0. The van der Waals surface area contributed by atoms with E-state index < -0.39 is 17.5 Å². The van der Waals surface area contributed by atoms with Crippen LogP contribution < -0.4 is 0 Å². The van der Waals surface area contributed by atoms with Crippen LogP contribution in [0.25, 0.3) is 0 Å². The number of hydrogen-bond donors (Lipinski definition) is 2. The van der Waals surface area contributed by atoms with Crippen molar-refractivity contribution in [1.82, 2.24) is 4.90 Å². The first-order valence-electron chi connectivity index (χ1n) is 6.56. The molecule has 2 N–H and O–H groups in total. The van der Waals surface area contributed by atoms with Crippen LogP contribution in [0.2, 0.25) is 0 Å². The zero-order chi connectivity index (χ0) is 14.6. The summed E-state index contributed by atoms with van der Waals surface area (Å²) in [5.41, 5.74) is -0.525. The SMILES string of the molecule is CC(C)(C)OC(=O)N1CCC(C(CO)C(=O)O)CC1. The van der Waals surface area contributed by atoms with Gasteiger partial charge in [0.1, 0.15) is 5.60 Å². The molecule has 19 heavy (non-hydrogen) atoms. The molecule has 0 saturated carbocycles. The minimum atomic E-state index is -0.974. The topological polar surface area (TPSA) is 87.1 Å². The maximum Gasteiger partial charge on any atom is 0.410 e. The Morgan fingerprint density at radius 1 is 1.32 bits per heavy atom. The summed E-state index contributed by atoms with van der Waals surface area (Å²) in [6.07, 6.45) is 0.801. The van der Waals surface area contributed by atoms with E-state index in [9.17, 15) is 9.59 Å². The summed E-state index contributed by atoms with van der Waals surface area (Å²) >= 11 is 0. The van der Waals surface area contributed by atoms with Crippen LogP contribution in [-0.2, 0) is 9.53 Å². The van der Waals surface area contributed by atoms with Crippen molar-refractivity contribution < 1.29 is 24.5 Å². The van der Waals surface area contributed by atoms with Gasteiger partial charge in [0, 0.05) is 13.1 Å². The van der Waals surface area contributed by atoms with Gasteiger partial charge in [-0.2, -0.15) is 0 Å². The van der Waals surface area contributed by atoms with Gasteiger partial charge in [-0.1, -0.05) is 0 Å². The summed E-state index contributed by atoms with van der Waals surface area (Å²) < 4.78 is 5.27. The normalized spacial score (nSPS) is 19.1. The summed E-state index contributed by atoms with van der Waals surface area (Å²) in [4.78, 5) is 24.4. The van der Waals surface area contributed by atoms with Gasteiger partial charge in [-0.15, -0.1) is 0 Å². The number of rotatable bonds is 3. The Morgan fingerprint density at radius 2 is 1.84 bits per heavy atom. The molecule has 1 atom stereocenters. The van der Waals surface area contributed by atoms with Crippen molar-refractivity contribution in [2.45, 2.75) is 39.2 Å². The lowest BCUT2D eigenvalue weighted by Crippen LogP contribution is -2.44. The van der Waals surface area contributed by atoms with E-state index in [1.807, 2.05) is 20.8 Å². The van der Waals surface area contributed by atoms with E-state index in [-0.39, 0.29) is 18.6 Å². The highest BCUT2D eigenvalue weighted by molar-refractivity contribution is 5.71. The molecule has 1 rings (SSSR count). The average Bonchev–Trinajstić information content (AvgIpc) is 2.28. The second-order valence-corrected chi connectivity index (χ2v) is 5.93. The lowest BCUT2D eigenvalue weighted by Gasteiger charge is -2.35. The molecule has 0 aliphatic carbocycles. The highest BCUT2D eigenvalue weighted by atomic mass is 16.6. The van der Waals surface area contributed by atoms with Crippen molar-refractivity contribution in [2.24, 2.45) is 11.8 Å². The fourth-order valence-electron chi connectivity index (χ4n) is 2.24. The molecule has 110 valence electrons. The van der Waals surface area contributed by atoms with E-state index in [0.29, 0.717) is 25.9 Å². The monoisotopic (exact) mass is 273 g/mol. The van der Waals surface area contributed by atoms with Crippen LogP contribution in [0.15, 0.2) is 0 Å². The minimum absolute atomic E-state index is 0.0822. The van der Waals surface area contributed by atoms with Gasteiger partial charge in [0.2, 0.25) is 0 Å². The van der Waals surface area contributed by atoms with Gasteiger partial charge in [-0.25, -0.2) is 4.79 Å². The molecule has 6 heteroatoms. The Bertz CT molecular complexity index is 328. The number of carboxylic acids is 1. The molecule has 1 aliphatic heterocycles. The Labute approximate surface area is 113 Å². The van der Waals surface area contributed by atoms with Crippen molar-refractivity contribution in [3.8, 4) is 0 Å². The van der Waals surface area contributed by atoms with Crippen molar-refractivity contribution in [1.29, 1.82) is 0 Å². The largest absolute Gasteiger partial charge is 0.481 e. The minimum Gasteiger partial charge on any atom is -0.481 e. The third-order valence-electron chi connectivity index (χ3n) is 3.27. The van der Waals surface area contributed by atoms with Crippen LogP contribution in [0.3, 0.4) is 0 Å². The van der Waals surface area contributed by atoms with Gasteiger partial charge in [-0.3, -0.25) is 4.79 Å². The van der Waals surface area contributed by atoms with Gasteiger partial charge < -0.3 is 19.8 Å². The van der Waals surface area contributed by atoms with Crippen molar-refractivity contribution in [3.05, 3.63) is 0 Å². The molecule has 1 unspecified atom stereocenters. The van der Waals surface area contributed by atoms with Crippen molar-refractivity contribution in [2.75, 3.05) is 19.7 Å². The maximum atomic E-state index is 11.8. The molecule has 1 amide bonds. The van der Waals surface area contributed by atoms with Gasteiger partial charge >= 0.3 is 12.1 Å². The number of carboxylic acid groups (broad SMARTS) is 1. The first-order chi connectivity index (χ1) is 8.74. The molecule has 1 aliphatic rings. The lowest BCUT2D eigenvalue weighted by atomic mass is 9.85. The number of piperidine rings is 1. The molecule has 0 bridgehead atoms. The molecule has 0 spiro atoms. The van der Waals surface area contributed by atoms with Crippen LogP contribution in [0.1, 0.15) is 33.6 Å². The molecule has 0 radical (unpaired) electrons. The summed E-state index contributed by atoms with van der Waals surface area (Å²) in [6.45, 7) is 6.02. The maximum absolute atomic E-state index is 11.8. The molecule has 0 aromatic carbocycles. The van der Waals surface area contributed by atoms with Crippen molar-refractivity contribution >= 4 is 12.1 Å². The predicted molar refractivity (Wildman–Crippen MR) is 68.7 cm³/mol. The molecular formula is C13H23NO5. The molecule has 0 aromatic heterocycles. The van der Waals surface area contributed by atoms with E-state index in [0.717, 1.165) is 0 Å². The third kappa shape index (κ3) is 4.70. The fourth-order valence-corrected chi connectivity index (χ4v) is 2.24. The van der Waals surface area contributed by atoms with E-state index in [2.05, 4.69) is 0 Å². The zero-order valence-electron chi connectivity index (χ0n) is 11.8. The number of hydrogen-bond acceptors (Lipinski definition) is 4. The van der Waals surface area contributed by atoms with Crippen LogP contribution in [0, 0.1) is 11.8 Å². The van der Waals surface area contributed by atoms with Gasteiger partial charge in [0.15, 0.2) is 0 Å². The zero-order valence-corrected chi connectivity index (χ0v) is 11.8. The molecular weight excluding hydrogens is 250 g/mol. The standard InChI is InChI=1S/C13H23NO5/c1-13(2,3)19-12(18)14-6-4-9(5-7-14)10(8-15)11(16)17/h9-10,15H,4-8H2,1-3H3,(H,16,17). The summed E-state index contributed by atoms with van der Waals surface area (Å²) in [5.74, 6) is -1.79. The van der Waals surface area contributed by atoms with Crippen LogP contribution in [0.5, 0.6) is 0 Å². The highest BCUT2D eigenvalue weighted by Crippen LogP contribution is 2.26. The lowest BCUT2D eigenvalue weighted by molar-refractivity contribution is -0.146. The first-order valence-corrected chi connectivity index (χ1v) is 6.56. The number of amides is 1. The highest BCUT2D eigenvalue weighted by Gasteiger charge is 2.33. The van der Waals surface area contributed by atoms with Crippen LogP contribution in [-0.4, -0.2) is 52.5 Å². The number of aliphatic hydroxyl groups is 1. The molecule has 0 aromatic rings. The van der Waals surface area contributed by atoms with Gasteiger partial charge in [-0.05, 0) is 39.5 Å². The summed E-state index contributed by atoms with van der Waals surface area (Å²) in [7, 11) is 0. The van der Waals surface area contributed by atoms with E-state index in [1.165, 1.54) is 0 Å². The third-order valence-corrected chi connectivity index (χ3v) is 3.27. The molecule has 1 fully saturated rings. The second kappa shape index (κ2) is 6.23. The second-order valence-electron chi connectivity index (χ2n) is 5.93. The predicted octanol–water partition coefficient (Wildman–Crippen LogP) is 1.33. The van der Waals surface area contributed by atoms with Crippen molar-refractivity contribution in [3.63, 3.8) is 0 Å². The number of aliphatic carboxylic acids is 1.